The molecule has 1 amide bonds. The van der Waals surface area contributed by atoms with Crippen LogP contribution < -0.4 is 5.32 Å². The average molecular weight is 275 g/mol. The zero-order valence-electron chi connectivity index (χ0n) is 11.5. The molecule has 0 aliphatic heterocycles. The topological polar surface area (TPSA) is 75.6 Å². The Balaban J connectivity index is 2.65. The maximum Gasteiger partial charge on any atom is 0.307 e. The highest BCUT2D eigenvalue weighted by molar-refractivity contribution is 5.94. The maximum absolute atomic E-state index is 11.9. The first-order chi connectivity index (χ1) is 9.58. The molecule has 0 spiro atoms. The smallest absolute Gasteiger partial charge is 0.307 e. The van der Waals surface area contributed by atoms with Crippen molar-refractivity contribution in [2.24, 2.45) is 0 Å². The number of carbonyl (C=O) groups is 2. The van der Waals surface area contributed by atoms with Crippen molar-refractivity contribution in [2.45, 2.75) is 13.3 Å². The quantitative estimate of drug-likeness (QED) is 0.624. The highest BCUT2D eigenvalue weighted by atomic mass is 16.5. The van der Waals surface area contributed by atoms with Crippen LogP contribution in [0.1, 0.15) is 27.9 Å². The van der Waals surface area contributed by atoms with Gasteiger partial charge in [-0.1, -0.05) is 11.8 Å². The number of rotatable bonds is 4. The number of aliphatic hydroxyl groups excluding tert-OH is 1. The van der Waals surface area contributed by atoms with Gasteiger partial charge in [-0.3, -0.25) is 9.59 Å². The van der Waals surface area contributed by atoms with E-state index in [1.807, 2.05) is 6.92 Å². The van der Waals surface area contributed by atoms with Crippen molar-refractivity contribution in [3.63, 3.8) is 0 Å². The largest absolute Gasteiger partial charge is 0.469 e. The number of benzene rings is 1. The lowest BCUT2D eigenvalue weighted by atomic mass is 10.0. The molecule has 0 bridgehead atoms. The number of ether oxygens (including phenoxy) is 1. The number of esters is 1. The molecule has 0 saturated heterocycles. The number of methoxy groups -OCH3 is 1. The van der Waals surface area contributed by atoms with Gasteiger partial charge in [-0.15, -0.1) is 0 Å². The third kappa shape index (κ3) is 4.75. The van der Waals surface area contributed by atoms with Gasteiger partial charge in [0.2, 0.25) is 0 Å². The summed E-state index contributed by atoms with van der Waals surface area (Å²) in [6.45, 7) is 1.87. The van der Waals surface area contributed by atoms with Crippen molar-refractivity contribution in [2.75, 3.05) is 20.3 Å². The summed E-state index contributed by atoms with van der Waals surface area (Å²) in [5.74, 6) is 4.75. The first-order valence-electron chi connectivity index (χ1n) is 6.14. The summed E-state index contributed by atoms with van der Waals surface area (Å²) in [5.41, 5.74) is 2.12. The average Bonchev–Trinajstić information content (AvgIpc) is 2.45. The van der Waals surface area contributed by atoms with Crippen LogP contribution in [-0.4, -0.2) is 37.2 Å². The number of amides is 1. The number of hydrogen-bond donors (Lipinski definition) is 2. The third-order valence-corrected chi connectivity index (χ3v) is 2.63. The zero-order valence-corrected chi connectivity index (χ0v) is 11.5. The van der Waals surface area contributed by atoms with Crippen LogP contribution in [0.15, 0.2) is 18.2 Å². The van der Waals surface area contributed by atoms with Crippen LogP contribution in [0.3, 0.4) is 0 Å². The van der Waals surface area contributed by atoms with Crippen LogP contribution in [-0.2, 0) is 9.53 Å². The summed E-state index contributed by atoms with van der Waals surface area (Å²) in [6, 6.07) is 5.10. The molecule has 0 unspecified atom stereocenters. The predicted molar refractivity (Wildman–Crippen MR) is 74.1 cm³/mol. The molecular formula is C15H17NO4. The summed E-state index contributed by atoms with van der Waals surface area (Å²) >= 11 is 0. The van der Waals surface area contributed by atoms with E-state index in [2.05, 4.69) is 21.9 Å². The van der Waals surface area contributed by atoms with Gasteiger partial charge in [0, 0.05) is 17.7 Å². The van der Waals surface area contributed by atoms with Crippen molar-refractivity contribution in [3.8, 4) is 11.8 Å². The highest BCUT2D eigenvalue weighted by Gasteiger charge is 2.08. The lowest BCUT2D eigenvalue weighted by Gasteiger charge is -2.06. The molecule has 1 aromatic carbocycles. The van der Waals surface area contributed by atoms with Gasteiger partial charge in [0.05, 0.1) is 13.5 Å². The summed E-state index contributed by atoms with van der Waals surface area (Å²) in [5, 5.41) is 11.3. The second-order valence-electron chi connectivity index (χ2n) is 4.07. The molecule has 0 atom stereocenters. The van der Waals surface area contributed by atoms with Crippen LogP contribution in [0.2, 0.25) is 0 Å². The fraction of sp³-hybridized carbons (Fsp3) is 0.333. The molecule has 0 aromatic heterocycles. The highest BCUT2D eigenvalue weighted by Crippen LogP contribution is 2.10. The standard InChI is InChI=1S/C15H17NO4/c1-11-10-13(6-5-12(11)4-3-9-17)15(19)16-8-7-14(18)20-2/h5-6,10,17H,7-9H2,1-2H3,(H,16,19). The Morgan fingerprint density at radius 1 is 1.40 bits per heavy atom. The van der Waals surface area contributed by atoms with Crippen LogP contribution >= 0.6 is 0 Å². The van der Waals surface area contributed by atoms with Crippen molar-refractivity contribution in [1.29, 1.82) is 0 Å². The van der Waals surface area contributed by atoms with Gasteiger partial charge >= 0.3 is 5.97 Å². The molecule has 0 saturated carbocycles. The van der Waals surface area contributed by atoms with E-state index in [0.717, 1.165) is 11.1 Å². The number of carbonyl (C=O) groups excluding carboxylic acids is 2. The molecule has 1 rings (SSSR count). The maximum atomic E-state index is 11.9. The second kappa shape index (κ2) is 7.97. The summed E-state index contributed by atoms with van der Waals surface area (Å²) in [4.78, 5) is 22.8. The molecule has 0 radical (unpaired) electrons. The number of aryl methyl sites for hydroxylation is 1. The van der Waals surface area contributed by atoms with E-state index in [1.54, 1.807) is 18.2 Å². The molecule has 2 N–H and O–H groups in total. The Labute approximate surface area is 117 Å². The second-order valence-corrected chi connectivity index (χ2v) is 4.07. The minimum Gasteiger partial charge on any atom is -0.469 e. The molecule has 106 valence electrons. The Bertz CT molecular complexity index is 555. The summed E-state index contributed by atoms with van der Waals surface area (Å²) < 4.78 is 4.48. The van der Waals surface area contributed by atoms with Gasteiger partial charge in [0.1, 0.15) is 6.61 Å². The minimum atomic E-state index is -0.365. The third-order valence-electron chi connectivity index (χ3n) is 2.63. The van der Waals surface area contributed by atoms with E-state index in [0.29, 0.717) is 5.56 Å². The van der Waals surface area contributed by atoms with Gasteiger partial charge < -0.3 is 15.2 Å². The number of nitrogens with one attached hydrogen (secondary N) is 1. The van der Waals surface area contributed by atoms with Gasteiger partial charge in [-0.25, -0.2) is 0 Å². The van der Waals surface area contributed by atoms with E-state index >= 15 is 0 Å². The Morgan fingerprint density at radius 3 is 2.75 bits per heavy atom. The molecule has 0 fully saturated rings. The van der Waals surface area contributed by atoms with Gasteiger partial charge in [-0.2, -0.15) is 0 Å². The van der Waals surface area contributed by atoms with Crippen molar-refractivity contribution in [3.05, 3.63) is 34.9 Å². The Hall–Kier alpha value is -2.32. The van der Waals surface area contributed by atoms with E-state index in [-0.39, 0.29) is 31.4 Å². The zero-order chi connectivity index (χ0) is 15.0. The first kappa shape index (κ1) is 15.7. The fourth-order valence-electron chi connectivity index (χ4n) is 1.56. The Kier molecular flexibility index (Phi) is 6.27. The Morgan fingerprint density at radius 2 is 2.15 bits per heavy atom. The normalized spacial score (nSPS) is 9.35. The SMILES string of the molecule is COC(=O)CCNC(=O)c1ccc(C#CCO)c(C)c1. The minimum absolute atomic E-state index is 0.140. The molecule has 0 aliphatic rings. The molecule has 20 heavy (non-hydrogen) atoms. The molecule has 0 heterocycles. The van der Waals surface area contributed by atoms with E-state index in [4.69, 9.17) is 5.11 Å². The van der Waals surface area contributed by atoms with Crippen molar-refractivity contribution < 1.29 is 19.4 Å². The molecule has 5 heteroatoms. The van der Waals surface area contributed by atoms with Gasteiger partial charge in [0.15, 0.2) is 0 Å². The number of hydrogen-bond acceptors (Lipinski definition) is 4. The monoisotopic (exact) mass is 275 g/mol. The lowest BCUT2D eigenvalue weighted by molar-refractivity contribution is -0.140. The van der Waals surface area contributed by atoms with Crippen LogP contribution in [0.25, 0.3) is 0 Å². The molecule has 1 aromatic rings. The van der Waals surface area contributed by atoms with Crippen molar-refractivity contribution in [1.82, 2.24) is 5.32 Å². The van der Waals surface area contributed by atoms with Crippen LogP contribution in [0.5, 0.6) is 0 Å². The molecular weight excluding hydrogens is 258 g/mol. The van der Waals surface area contributed by atoms with Gasteiger partial charge in [0.25, 0.3) is 5.91 Å². The summed E-state index contributed by atoms with van der Waals surface area (Å²) in [6.07, 6.45) is 0.140. The van der Waals surface area contributed by atoms with E-state index in [1.165, 1.54) is 7.11 Å². The van der Waals surface area contributed by atoms with Crippen LogP contribution in [0.4, 0.5) is 0 Å². The summed E-state index contributed by atoms with van der Waals surface area (Å²) in [7, 11) is 1.31. The van der Waals surface area contributed by atoms with Crippen LogP contribution in [0, 0.1) is 18.8 Å². The molecule has 5 nitrogen and oxygen atoms in total. The predicted octanol–water partition coefficient (Wildman–Crippen LogP) is 0.632. The number of aliphatic hydroxyl groups is 1. The van der Waals surface area contributed by atoms with Crippen molar-refractivity contribution >= 4 is 11.9 Å². The first-order valence-corrected chi connectivity index (χ1v) is 6.14. The van der Waals surface area contributed by atoms with E-state index < -0.39 is 0 Å². The molecule has 0 aliphatic carbocycles. The lowest BCUT2D eigenvalue weighted by Crippen LogP contribution is -2.26. The van der Waals surface area contributed by atoms with E-state index in [9.17, 15) is 9.59 Å². The fourth-order valence-corrected chi connectivity index (χ4v) is 1.56. The van der Waals surface area contributed by atoms with Gasteiger partial charge in [-0.05, 0) is 30.7 Å².